The molecule has 0 atom stereocenters. The van der Waals surface area contributed by atoms with Crippen molar-refractivity contribution in [3.05, 3.63) is 69.9 Å². The molecule has 2 heterocycles. The molecule has 0 unspecified atom stereocenters. The van der Waals surface area contributed by atoms with Crippen molar-refractivity contribution in [2.24, 2.45) is 0 Å². The molecule has 0 saturated carbocycles. The lowest BCUT2D eigenvalue weighted by molar-refractivity contribution is 0.118. The Balaban J connectivity index is 0.000000370. The number of aromatic amines is 1. The van der Waals surface area contributed by atoms with Crippen LogP contribution < -0.4 is 5.56 Å². The zero-order chi connectivity index (χ0) is 20.9. The normalized spacial score (nSPS) is 10.6. The predicted octanol–water partition coefficient (Wildman–Crippen LogP) is 5.36. The summed E-state index contributed by atoms with van der Waals surface area (Å²) in [5.41, 5.74) is 2.74. The van der Waals surface area contributed by atoms with Gasteiger partial charge in [-0.15, -0.1) is 0 Å². The van der Waals surface area contributed by atoms with Crippen LogP contribution in [0.4, 0.5) is 0 Å². The lowest BCUT2D eigenvalue weighted by Crippen LogP contribution is -2.13. The molecule has 0 amide bonds. The van der Waals surface area contributed by atoms with Crippen molar-refractivity contribution in [3.63, 3.8) is 0 Å². The average molecular weight is 396 g/mol. The van der Waals surface area contributed by atoms with Gasteiger partial charge in [0.2, 0.25) is 0 Å². The van der Waals surface area contributed by atoms with Gasteiger partial charge in [-0.2, -0.15) is 0 Å². The zero-order valence-electron chi connectivity index (χ0n) is 17.9. The molecular formula is C24H33N3O2. The van der Waals surface area contributed by atoms with Crippen molar-refractivity contribution >= 4 is 11.0 Å². The summed E-state index contributed by atoms with van der Waals surface area (Å²) < 4.78 is 5.61. The number of benzene rings is 1. The molecule has 2 aromatic heterocycles. The standard InChI is InChI=1S/C17H17N3O2.C7H16/c1-12-4-2-5-13(10-12)7-9-22-11-15-19-16-14(17(21)20-15)6-3-8-18-16;1-3-5-7-6-4-2/h2-6,8,10H,7,9,11H2,1H3,(H,18,19,20,21);3-7H2,1-2H3. The van der Waals surface area contributed by atoms with Gasteiger partial charge in [0, 0.05) is 6.20 Å². The van der Waals surface area contributed by atoms with Gasteiger partial charge < -0.3 is 9.72 Å². The Morgan fingerprint density at radius 3 is 2.55 bits per heavy atom. The molecule has 1 N–H and O–H groups in total. The third-order valence-electron chi connectivity index (χ3n) is 4.59. The van der Waals surface area contributed by atoms with E-state index in [1.165, 1.54) is 43.2 Å². The fourth-order valence-corrected chi connectivity index (χ4v) is 2.99. The number of pyridine rings is 1. The van der Waals surface area contributed by atoms with Gasteiger partial charge >= 0.3 is 0 Å². The second-order valence-corrected chi connectivity index (χ2v) is 7.24. The van der Waals surface area contributed by atoms with Crippen LogP contribution in [0.3, 0.4) is 0 Å². The molecular weight excluding hydrogens is 362 g/mol. The number of fused-ring (bicyclic) bond motifs is 1. The number of aryl methyl sites for hydroxylation is 1. The number of nitrogens with zero attached hydrogens (tertiary/aromatic N) is 2. The Labute approximate surface area is 173 Å². The van der Waals surface area contributed by atoms with E-state index in [1.807, 2.05) is 6.07 Å². The molecule has 0 bridgehead atoms. The lowest BCUT2D eigenvalue weighted by Gasteiger charge is -2.05. The third kappa shape index (κ3) is 8.16. The monoisotopic (exact) mass is 395 g/mol. The minimum Gasteiger partial charge on any atom is -0.373 e. The fraction of sp³-hybridized carbons (Fsp3) is 0.458. The first kappa shape index (κ1) is 22.8. The minimum atomic E-state index is -0.185. The predicted molar refractivity (Wildman–Crippen MR) is 119 cm³/mol. The molecule has 3 aromatic rings. The maximum Gasteiger partial charge on any atom is 0.260 e. The van der Waals surface area contributed by atoms with E-state index in [0.717, 1.165) is 6.42 Å². The minimum absolute atomic E-state index is 0.185. The van der Waals surface area contributed by atoms with Crippen LogP contribution in [0.5, 0.6) is 0 Å². The van der Waals surface area contributed by atoms with E-state index in [0.29, 0.717) is 23.5 Å². The zero-order valence-corrected chi connectivity index (χ0v) is 17.9. The van der Waals surface area contributed by atoms with Crippen LogP contribution in [-0.2, 0) is 17.8 Å². The van der Waals surface area contributed by atoms with Crippen LogP contribution in [0.15, 0.2) is 47.4 Å². The van der Waals surface area contributed by atoms with Crippen LogP contribution in [-0.4, -0.2) is 21.6 Å². The van der Waals surface area contributed by atoms with Gasteiger partial charge in [0.05, 0.1) is 12.0 Å². The highest BCUT2D eigenvalue weighted by atomic mass is 16.5. The summed E-state index contributed by atoms with van der Waals surface area (Å²) in [6, 6.07) is 11.8. The van der Waals surface area contributed by atoms with Gasteiger partial charge in [0.1, 0.15) is 12.4 Å². The van der Waals surface area contributed by atoms with Crippen molar-refractivity contribution in [1.82, 2.24) is 15.0 Å². The summed E-state index contributed by atoms with van der Waals surface area (Å²) in [5, 5.41) is 0.492. The van der Waals surface area contributed by atoms with Gasteiger partial charge in [-0.1, -0.05) is 75.8 Å². The Kier molecular flexibility index (Phi) is 10.1. The van der Waals surface area contributed by atoms with Crippen molar-refractivity contribution < 1.29 is 4.74 Å². The van der Waals surface area contributed by atoms with Crippen LogP contribution >= 0.6 is 0 Å². The number of rotatable bonds is 9. The first-order chi connectivity index (χ1) is 14.1. The van der Waals surface area contributed by atoms with Crippen LogP contribution in [0.2, 0.25) is 0 Å². The highest BCUT2D eigenvalue weighted by Gasteiger charge is 2.04. The molecule has 156 valence electrons. The summed E-state index contributed by atoms with van der Waals surface area (Å²) in [5.74, 6) is 0.500. The van der Waals surface area contributed by atoms with E-state index in [1.54, 1.807) is 18.3 Å². The SMILES string of the molecule is CCCCCCC.Cc1cccc(CCOCc2nc3ncccc3c(=O)[nH]2)c1. The Bertz CT molecular complexity index is 917. The molecule has 0 aliphatic carbocycles. The van der Waals surface area contributed by atoms with E-state index in [9.17, 15) is 4.79 Å². The van der Waals surface area contributed by atoms with E-state index in [2.05, 4.69) is 53.9 Å². The quantitative estimate of drug-likeness (QED) is 0.495. The second kappa shape index (κ2) is 12.8. The summed E-state index contributed by atoms with van der Waals surface area (Å²) >= 11 is 0. The van der Waals surface area contributed by atoms with Crippen LogP contribution in [0.25, 0.3) is 11.0 Å². The third-order valence-corrected chi connectivity index (χ3v) is 4.59. The average Bonchev–Trinajstić information content (AvgIpc) is 2.72. The first-order valence-corrected chi connectivity index (χ1v) is 10.6. The number of aromatic nitrogens is 3. The number of H-pyrrole nitrogens is 1. The van der Waals surface area contributed by atoms with Crippen molar-refractivity contribution in [3.8, 4) is 0 Å². The van der Waals surface area contributed by atoms with Crippen molar-refractivity contribution in [2.45, 2.75) is 65.9 Å². The largest absolute Gasteiger partial charge is 0.373 e. The summed E-state index contributed by atoms with van der Waals surface area (Å²) in [4.78, 5) is 23.0. The molecule has 0 fully saturated rings. The Morgan fingerprint density at radius 1 is 1.03 bits per heavy atom. The molecule has 0 saturated heterocycles. The lowest BCUT2D eigenvalue weighted by atomic mass is 10.1. The molecule has 3 rings (SSSR count). The molecule has 1 aromatic carbocycles. The van der Waals surface area contributed by atoms with Crippen LogP contribution in [0, 0.1) is 6.92 Å². The smallest absolute Gasteiger partial charge is 0.260 e. The molecule has 0 radical (unpaired) electrons. The van der Waals surface area contributed by atoms with E-state index in [4.69, 9.17) is 4.74 Å². The summed E-state index contributed by atoms with van der Waals surface area (Å²) in [6.45, 7) is 7.41. The molecule has 29 heavy (non-hydrogen) atoms. The van der Waals surface area contributed by atoms with E-state index < -0.39 is 0 Å². The van der Waals surface area contributed by atoms with Crippen molar-refractivity contribution in [1.29, 1.82) is 0 Å². The highest BCUT2D eigenvalue weighted by Crippen LogP contribution is 2.06. The number of ether oxygens (including phenoxy) is 1. The van der Waals surface area contributed by atoms with E-state index in [-0.39, 0.29) is 12.2 Å². The number of nitrogens with one attached hydrogen (secondary N) is 1. The number of hydrogen-bond donors (Lipinski definition) is 1. The van der Waals surface area contributed by atoms with Crippen molar-refractivity contribution in [2.75, 3.05) is 6.61 Å². The molecule has 5 nitrogen and oxygen atoms in total. The van der Waals surface area contributed by atoms with Gasteiger partial charge in [0.15, 0.2) is 5.65 Å². The number of unbranched alkanes of at least 4 members (excludes halogenated alkanes) is 4. The second-order valence-electron chi connectivity index (χ2n) is 7.24. The van der Waals surface area contributed by atoms with Gasteiger partial charge in [-0.05, 0) is 31.0 Å². The van der Waals surface area contributed by atoms with Gasteiger partial charge in [-0.25, -0.2) is 9.97 Å². The maximum atomic E-state index is 11.9. The Morgan fingerprint density at radius 2 is 1.83 bits per heavy atom. The van der Waals surface area contributed by atoms with E-state index >= 15 is 0 Å². The number of hydrogen-bond acceptors (Lipinski definition) is 4. The molecule has 0 aliphatic heterocycles. The highest BCUT2D eigenvalue weighted by molar-refractivity contribution is 5.72. The summed E-state index contributed by atoms with van der Waals surface area (Å²) in [7, 11) is 0. The first-order valence-electron chi connectivity index (χ1n) is 10.6. The molecule has 0 spiro atoms. The van der Waals surface area contributed by atoms with Gasteiger partial charge in [0.25, 0.3) is 5.56 Å². The molecule has 0 aliphatic rings. The van der Waals surface area contributed by atoms with Crippen LogP contribution in [0.1, 0.15) is 62.9 Å². The maximum absolute atomic E-state index is 11.9. The Hall–Kier alpha value is -2.53. The van der Waals surface area contributed by atoms with Gasteiger partial charge in [-0.3, -0.25) is 4.79 Å². The molecule has 5 heteroatoms. The summed E-state index contributed by atoms with van der Waals surface area (Å²) in [6.07, 6.45) is 9.46. The topological polar surface area (TPSA) is 67.9 Å². The fourth-order valence-electron chi connectivity index (χ4n) is 2.99.